The number of aromatic carboxylic acids is 1. The molecule has 1 N–H and O–H groups in total. The standard InChI is InChI=1S/C18H13NO2S/c20-18(21)15-8-4-5-13(11-15)9-10-17-19-16(12-22-17)14-6-2-1-3-7-14/h1-12H,(H,20,21). The molecule has 0 aliphatic carbocycles. The summed E-state index contributed by atoms with van der Waals surface area (Å²) in [5.41, 5.74) is 3.17. The molecule has 0 saturated heterocycles. The highest BCUT2D eigenvalue weighted by Crippen LogP contribution is 2.22. The van der Waals surface area contributed by atoms with E-state index in [1.54, 1.807) is 29.5 Å². The van der Waals surface area contributed by atoms with Gasteiger partial charge in [0.1, 0.15) is 5.01 Å². The first kappa shape index (κ1) is 14.2. The fourth-order valence-corrected chi connectivity index (χ4v) is 2.77. The molecule has 0 amide bonds. The lowest BCUT2D eigenvalue weighted by atomic mass is 10.1. The molecule has 0 atom stereocenters. The molecule has 0 fully saturated rings. The van der Waals surface area contributed by atoms with Gasteiger partial charge in [0.25, 0.3) is 0 Å². The molecule has 2 aromatic carbocycles. The molecule has 0 bridgehead atoms. The van der Waals surface area contributed by atoms with Crippen molar-refractivity contribution in [1.29, 1.82) is 0 Å². The number of hydrogen-bond acceptors (Lipinski definition) is 3. The third-order valence-corrected chi connectivity index (χ3v) is 3.95. The van der Waals surface area contributed by atoms with Crippen LogP contribution in [0.2, 0.25) is 0 Å². The first-order valence-electron chi connectivity index (χ1n) is 6.75. The number of hydrogen-bond donors (Lipinski definition) is 1. The van der Waals surface area contributed by atoms with E-state index in [-0.39, 0.29) is 5.56 Å². The average Bonchev–Trinajstić information content (AvgIpc) is 3.03. The molecule has 0 radical (unpaired) electrons. The van der Waals surface area contributed by atoms with Gasteiger partial charge in [0.15, 0.2) is 0 Å². The van der Waals surface area contributed by atoms with E-state index >= 15 is 0 Å². The quantitative estimate of drug-likeness (QED) is 0.761. The number of nitrogens with zero attached hydrogens (tertiary/aromatic N) is 1. The highest BCUT2D eigenvalue weighted by molar-refractivity contribution is 7.10. The zero-order valence-corrected chi connectivity index (χ0v) is 12.5. The smallest absolute Gasteiger partial charge is 0.335 e. The second-order valence-electron chi connectivity index (χ2n) is 4.70. The van der Waals surface area contributed by atoms with E-state index in [2.05, 4.69) is 4.98 Å². The number of aromatic nitrogens is 1. The highest BCUT2D eigenvalue weighted by Gasteiger charge is 2.03. The number of rotatable bonds is 4. The highest BCUT2D eigenvalue weighted by atomic mass is 32.1. The normalized spacial score (nSPS) is 10.9. The maximum absolute atomic E-state index is 11.0. The molecule has 22 heavy (non-hydrogen) atoms. The van der Waals surface area contributed by atoms with E-state index in [9.17, 15) is 4.79 Å². The van der Waals surface area contributed by atoms with Crippen molar-refractivity contribution in [3.8, 4) is 11.3 Å². The van der Waals surface area contributed by atoms with Gasteiger partial charge in [-0.2, -0.15) is 0 Å². The molecule has 108 valence electrons. The molecule has 3 aromatic rings. The van der Waals surface area contributed by atoms with Crippen LogP contribution in [0.3, 0.4) is 0 Å². The summed E-state index contributed by atoms with van der Waals surface area (Å²) in [6, 6.07) is 16.8. The minimum atomic E-state index is -0.920. The van der Waals surface area contributed by atoms with Crippen LogP contribution in [0.5, 0.6) is 0 Å². The third kappa shape index (κ3) is 3.30. The van der Waals surface area contributed by atoms with E-state index in [4.69, 9.17) is 5.11 Å². The molecule has 0 spiro atoms. The van der Waals surface area contributed by atoms with E-state index in [0.29, 0.717) is 0 Å². The van der Waals surface area contributed by atoms with Crippen LogP contribution in [0.25, 0.3) is 23.4 Å². The van der Waals surface area contributed by atoms with Crippen LogP contribution in [-0.2, 0) is 0 Å². The van der Waals surface area contributed by atoms with Gasteiger partial charge in [-0.1, -0.05) is 48.5 Å². The summed E-state index contributed by atoms with van der Waals surface area (Å²) in [5, 5.41) is 11.9. The Labute approximate surface area is 132 Å². The van der Waals surface area contributed by atoms with Gasteiger partial charge in [-0.05, 0) is 23.8 Å². The van der Waals surface area contributed by atoms with Crippen LogP contribution in [-0.4, -0.2) is 16.1 Å². The van der Waals surface area contributed by atoms with Crippen LogP contribution in [0.1, 0.15) is 20.9 Å². The Morgan fingerprint density at radius 3 is 2.64 bits per heavy atom. The molecule has 3 rings (SSSR count). The van der Waals surface area contributed by atoms with Gasteiger partial charge in [-0.15, -0.1) is 11.3 Å². The van der Waals surface area contributed by atoms with Crippen molar-refractivity contribution in [3.05, 3.63) is 76.1 Å². The molecular formula is C18H13NO2S. The minimum Gasteiger partial charge on any atom is -0.478 e. The Kier molecular flexibility index (Phi) is 4.12. The summed E-state index contributed by atoms with van der Waals surface area (Å²) in [6.07, 6.45) is 3.78. The third-order valence-electron chi connectivity index (χ3n) is 3.14. The summed E-state index contributed by atoms with van der Waals surface area (Å²) in [5.74, 6) is -0.920. The van der Waals surface area contributed by atoms with Crippen molar-refractivity contribution in [2.45, 2.75) is 0 Å². The maximum atomic E-state index is 11.0. The predicted molar refractivity (Wildman–Crippen MR) is 89.9 cm³/mol. The Bertz CT molecular complexity index is 822. The Morgan fingerprint density at radius 1 is 1.05 bits per heavy atom. The van der Waals surface area contributed by atoms with Crippen LogP contribution in [0.15, 0.2) is 60.0 Å². The molecular weight excluding hydrogens is 294 g/mol. The van der Waals surface area contributed by atoms with Crippen molar-refractivity contribution in [2.75, 3.05) is 0 Å². The van der Waals surface area contributed by atoms with Crippen molar-refractivity contribution in [3.63, 3.8) is 0 Å². The largest absolute Gasteiger partial charge is 0.478 e. The number of carbonyl (C=O) groups is 1. The SMILES string of the molecule is O=C(O)c1cccc(C=Cc2nc(-c3ccccc3)cs2)c1. The fourth-order valence-electron chi connectivity index (χ4n) is 2.05. The zero-order valence-electron chi connectivity index (χ0n) is 11.6. The van der Waals surface area contributed by atoms with Crippen LogP contribution < -0.4 is 0 Å². The van der Waals surface area contributed by atoms with Gasteiger partial charge in [-0.25, -0.2) is 9.78 Å². The minimum absolute atomic E-state index is 0.284. The molecule has 4 heteroatoms. The second-order valence-corrected chi connectivity index (χ2v) is 5.59. The van der Waals surface area contributed by atoms with Gasteiger partial charge < -0.3 is 5.11 Å². The van der Waals surface area contributed by atoms with Crippen molar-refractivity contribution in [2.24, 2.45) is 0 Å². The van der Waals surface area contributed by atoms with E-state index in [0.717, 1.165) is 21.8 Å². The molecule has 1 aromatic heterocycles. The number of carboxylic acid groups (broad SMARTS) is 1. The summed E-state index contributed by atoms with van der Waals surface area (Å²) in [6.45, 7) is 0. The van der Waals surface area contributed by atoms with Crippen molar-refractivity contribution in [1.82, 2.24) is 4.98 Å². The number of benzene rings is 2. The van der Waals surface area contributed by atoms with Gasteiger partial charge >= 0.3 is 5.97 Å². The van der Waals surface area contributed by atoms with E-state index in [1.165, 1.54) is 0 Å². The summed E-state index contributed by atoms with van der Waals surface area (Å²) in [4.78, 5) is 15.5. The van der Waals surface area contributed by atoms with E-state index in [1.807, 2.05) is 53.9 Å². The van der Waals surface area contributed by atoms with Gasteiger partial charge in [-0.3, -0.25) is 0 Å². The Balaban J connectivity index is 1.80. The Hall–Kier alpha value is -2.72. The molecule has 3 nitrogen and oxygen atoms in total. The predicted octanol–water partition coefficient (Wildman–Crippen LogP) is 4.68. The summed E-state index contributed by atoms with van der Waals surface area (Å²) in [7, 11) is 0. The lowest BCUT2D eigenvalue weighted by Gasteiger charge is -1.96. The van der Waals surface area contributed by atoms with Crippen molar-refractivity contribution >= 4 is 29.5 Å². The van der Waals surface area contributed by atoms with Gasteiger partial charge in [0, 0.05) is 10.9 Å². The monoisotopic (exact) mass is 307 g/mol. The topological polar surface area (TPSA) is 50.2 Å². The number of carboxylic acids is 1. The molecule has 0 unspecified atom stereocenters. The molecule has 0 aliphatic heterocycles. The molecule has 0 aliphatic rings. The lowest BCUT2D eigenvalue weighted by molar-refractivity contribution is 0.0697. The van der Waals surface area contributed by atoms with Crippen LogP contribution in [0.4, 0.5) is 0 Å². The second kappa shape index (κ2) is 6.37. The molecule has 1 heterocycles. The Morgan fingerprint density at radius 2 is 1.86 bits per heavy atom. The summed E-state index contributed by atoms with van der Waals surface area (Å²) >= 11 is 1.56. The van der Waals surface area contributed by atoms with E-state index < -0.39 is 5.97 Å². The summed E-state index contributed by atoms with van der Waals surface area (Å²) < 4.78 is 0. The zero-order chi connectivity index (χ0) is 15.4. The first-order chi connectivity index (χ1) is 10.7. The van der Waals surface area contributed by atoms with Crippen LogP contribution >= 0.6 is 11.3 Å². The average molecular weight is 307 g/mol. The number of thiazole rings is 1. The molecule has 0 saturated carbocycles. The first-order valence-corrected chi connectivity index (χ1v) is 7.63. The maximum Gasteiger partial charge on any atom is 0.335 e. The van der Waals surface area contributed by atoms with Gasteiger partial charge in [0.2, 0.25) is 0 Å². The fraction of sp³-hybridized carbons (Fsp3) is 0. The van der Waals surface area contributed by atoms with Gasteiger partial charge in [0.05, 0.1) is 11.3 Å². The van der Waals surface area contributed by atoms with Crippen molar-refractivity contribution < 1.29 is 9.90 Å². The van der Waals surface area contributed by atoms with Crippen LogP contribution in [0, 0.1) is 0 Å². The lowest BCUT2D eigenvalue weighted by Crippen LogP contribution is -1.95.